The van der Waals surface area contributed by atoms with Crippen LogP contribution in [0.25, 0.3) is 0 Å². The van der Waals surface area contributed by atoms with Gasteiger partial charge in [-0.3, -0.25) is 9.59 Å². The fourth-order valence-corrected chi connectivity index (χ4v) is 2.84. The van der Waals surface area contributed by atoms with Crippen molar-refractivity contribution in [1.29, 1.82) is 0 Å². The molecular weight excluding hydrogens is 220 g/mol. The monoisotopic (exact) mass is 234 g/mol. The summed E-state index contributed by atoms with van der Waals surface area (Å²) in [7, 11) is 0. The van der Waals surface area contributed by atoms with Crippen LogP contribution >= 0.6 is 11.8 Å². The third-order valence-corrected chi connectivity index (χ3v) is 3.85. The van der Waals surface area contributed by atoms with Gasteiger partial charge in [-0.25, -0.2) is 0 Å². The number of carbonyl (C=O) groups is 2. The van der Waals surface area contributed by atoms with Crippen LogP contribution in [-0.2, 0) is 11.2 Å². The van der Waals surface area contributed by atoms with Gasteiger partial charge in [-0.15, -0.1) is 11.8 Å². The van der Waals surface area contributed by atoms with Crippen molar-refractivity contribution < 1.29 is 9.59 Å². The van der Waals surface area contributed by atoms with Crippen LogP contribution < -0.4 is 0 Å². The molecule has 0 aliphatic carbocycles. The van der Waals surface area contributed by atoms with Crippen molar-refractivity contribution in [3.63, 3.8) is 0 Å². The first-order chi connectivity index (χ1) is 7.70. The van der Waals surface area contributed by atoms with Crippen molar-refractivity contribution in [2.24, 2.45) is 0 Å². The molecular formula is C13H14O2S. The summed E-state index contributed by atoms with van der Waals surface area (Å²) in [6.07, 6.45) is 1.63. The van der Waals surface area contributed by atoms with E-state index in [4.69, 9.17) is 0 Å². The Hall–Kier alpha value is -1.09. The SMILES string of the molecule is CCC(=O)c1ccc2c(c1)CC(=O)CCS2. The standard InChI is InChI=1S/C13H14O2S/c1-2-12(15)9-3-4-13-10(7-9)8-11(14)5-6-16-13/h3-4,7H,2,5-6,8H2,1H3. The van der Waals surface area contributed by atoms with Crippen LogP contribution in [0.5, 0.6) is 0 Å². The molecule has 1 heterocycles. The average molecular weight is 234 g/mol. The molecule has 0 aromatic heterocycles. The molecule has 0 spiro atoms. The minimum absolute atomic E-state index is 0.143. The van der Waals surface area contributed by atoms with E-state index in [0.717, 1.165) is 21.8 Å². The Morgan fingerprint density at radius 1 is 1.44 bits per heavy atom. The van der Waals surface area contributed by atoms with E-state index in [1.54, 1.807) is 11.8 Å². The first kappa shape index (κ1) is 11.4. The number of benzene rings is 1. The van der Waals surface area contributed by atoms with E-state index in [1.807, 2.05) is 25.1 Å². The number of hydrogen-bond acceptors (Lipinski definition) is 3. The summed E-state index contributed by atoms with van der Waals surface area (Å²) in [6, 6.07) is 5.73. The second kappa shape index (κ2) is 4.83. The first-order valence-corrected chi connectivity index (χ1v) is 6.50. The average Bonchev–Trinajstić information content (AvgIpc) is 2.47. The first-order valence-electron chi connectivity index (χ1n) is 5.51. The highest BCUT2D eigenvalue weighted by molar-refractivity contribution is 7.99. The molecule has 1 aliphatic heterocycles. The number of fused-ring (bicyclic) bond motifs is 1. The second-order valence-electron chi connectivity index (χ2n) is 3.91. The highest BCUT2D eigenvalue weighted by atomic mass is 32.2. The van der Waals surface area contributed by atoms with E-state index in [0.29, 0.717) is 19.3 Å². The Balaban J connectivity index is 2.36. The van der Waals surface area contributed by atoms with Gasteiger partial charge in [0.05, 0.1) is 0 Å². The topological polar surface area (TPSA) is 34.1 Å². The number of ketones is 2. The third-order valence-electron chi connectivity index (χ3n) is 2.73. The molecule has 0 saturated carbocycles. The van der Waals surface area contributed by atoms with Gasteiger partial charge >= 0.3 is 0 Å². The lowest BCUT2D eigenvalue weighted by molar-refractivity contribution is -0.118. The number of thioether (sulfide) groups is 1. The smallest absolute Gasteiger partial charge is 0.162 e. The predicted octanol–water partition coefficient (Wildman–Crippen LogP) is 2.89. The molecule has 0 saturated heterocycles. The lowest BCUT2D eigenvalue weighted by Crippen LogP contribution is -2.03. The van der Waals surface area contributed by atoms with Crippen molar-refractivity contribution in [3.05, 3.63) is 29.3 Å². The van der Waals surface area contributed by atoms with Crippen molar-refractivity contribution >= 4 is 23.3 Å². The van der Waals surface area contributed by atoms with E-state index >= 15 is 0 Å². The molecule has 1 aromatic carbocycles. The van der Waals surface area contributed by atoms with E-state index in [1.165, 1.54) is 0 Å². The number of carbonyl (C=O) groups excluding carboxylic acids is 2. The molecule has 0 fully saturated rings. The van der Waals surface area contributed by atoms with Crippen LogP contribution in [-0.4, -0.2) is 17.3 Å². The molecule has 0 unspecified atom stereocenters. The van der Waals surface area contributed by atoms with E-state index in [2.05, 4.69) is 0 Å². The van der Waals surface area contributed by atoms with E-state index < -0.39 is 0 Å². The highest BCUT2D eigenvalue weighted by Crippen LogP contribution is 2.28. The molecule has 3 heteroatoms. The summed E-state index contributed by atoms with van der Waals surface area (Å²) in [5.41, 5.74) is 1.75. The lowest BCUT2D eigenvalue weighted by Gasteiger charge is -2.06. The highest BCUT2D eigenvalue weighted by Gasteiger charge is 2.15. The Bertz CT molecular complexity index is 438. The molecule has 0 bridgehead atoms. The van der Waals surface area contributed by atoms with Crippen molar-refractivity contribution in [2.75, 3.05) is 5.75 Å². The lowest BCUT2D eigenvalue weighted by atomic mass is 10.0. The molecule has 2 nitrogen and oxygen atoms in total. The van der Waals surface area contributed by atoms with Crippen LogP contribution in [0.2, 0.25) is 0 Å². The summed E-state index contributed by atoms with van der Waals surface area (Å²) in [5, 5.41) is 0. The van der Waals surface area contributed by atoms with Gasteiger partial charge in [-0.05, 0) is 17.7 Å². The summed E-state index contributed by atoms with van der Waals surface area (Å²) in [6.45, 7) is 1.86. The van der Waals surface area contributed by atoms with Crippen molar-refractivity contribution in [3.8, 4) is 0 Å². The van der Waals surface area contributed by atoms with Gasteiger partial charge < -0.3 is 0 Å². The zero-order valence-electron chi connectivity index (χ0n) is 9.29. The Morgan fingerprint density at radius 2 is 2.25 bits per heavy atom. The van der Waals surface area contributed by atoms with Crippen LogP contribution in [0, 0.1) is 0 Å². The maximum atomic E-state index is 11.6. The Morgan fingerprint density at radius 3 is 3.00 bits per heavy atom. The maximum absolute atomic E-state index is 11.6. The largest absolute Gasteiger partial charge is 0.299 e. The van der Waals surface area contributed by atoms with E-state index in [9.17, 15) is 9.59 Å². The molecule has 0 amide bonds. The molecule has 2 rings (SSSR count). The van der Waals surface area contributed by atoms with Gasteiger partial charge in [0, 0.05) is 35.5 Å². The Kier molecular flexibility index (Phi) is 3.44. The van der Waals surface area contributed by atoms with Gasteiger partial charge in [0.2, 0.25) is 0 Å². The van der Waals surface area contributed by atoms with Gasteiger partial charge in [-0.2, -0.15) is 0 Å². The van der Waals surface area contributed by atoms with Crippen LogP contribution in [0.1, 0.15) is 35.7 Å². The predicted molar refractivity (Wildman–Crippen MR) is 65.1 cm³/mol. The third kappa shape index (κ3) is 2.35. The quantitative estimate of drug-likeness (QED) is 0.738. The molecule has 0 atom stereocenters. The molecule has 84 valence electrons. The number of Topliss-reactive ketones (excluding diaryl/α,β-unsaturated/α-hetero) is 2. The van der Waals surface area contributed by atoms with E-state index in [-0.39, 0.29) is 11.6 Å². The molecule has 1 aromatic rings. The summed E-state index contributed by atoms with van der Waals surface area (Å²) < 4.78 is 0. The summed E-state index contributed by atoms with van der Waals surface area (Å²) >= 11 is 1.71. The normalized spacial score (nSPS) is 15.4. The zero-order valence-corrected chi connectivity index (χ0v) is 10.1. The zero-order chi connectivity index (χ0) is 11.5. The van der Waals surface area contributed by atoms with Crippen molar-refractivity contribution in [2.45, 2.75) is 31.1 Å². The van der Waals surface area contributed by atoms with Gasteiger partial charge in [0.15, 0.2) is 5.78 Å². The van der Waals surface area contributed by atoms with Gasteiger partial charge in [0.1, 0.15) is 5.78 Å². The van der Waals surface area contributed by atoms with Crippen LogP contribution in [0.15, 0.2) is 23.1 Å². The molecule has 1 aliphatic rings. The van der Waals surface area contributed by atoms with Crippen LogP contribution in [0.4, 0.5) is 0 Å². The van der Waals surface area contributed by atoms with Crippen LogP contribution in [0.3, 0.4) is 0 Å². The van der Waals surface area contributed by atoms with Gasteiger partial charge in [0.25, 0.3) is 0 Å². The van der Waals surface area contributed by atoms with Gasteiger partial charge in [-0.1, -0.05) is 13.0 Å². The number of hydrogen-bond donors (Lipinski definition) is 0. The minimum Gasteiger partial charge on any atom is -0.299 e. The fourth-order valence-electron chi connectivity index (χ4n) is 1.81. The molecule has 0 N–H and O–H groups in total. The number of rotatable bonds is 2. The van der Waals surface area contributed by atoms with Crippen molar-refractivity contribution in [1.82, 2.24) is 0 Å². The molecule has 16 heavy (non-hydrogen) atoms. The fraction of sp³-hybridized carbons (Fsp3) is 0.385. The second-order valence-corrected chi connectivity index (χ2v) is 5.05. The maximum Gasteiger partial charge on any atom is 0.162 e. The Labute approximate surface area is 99.4 Å². The summed E-state index contributed by atoms with van der Waals surface area (Å²) in [5.74, 6) is 1.27. The minimum atomic E-state index is 0.143. The summed E-state index contributed by atoms with van der Waals surface area (Å²) in [4.78, 5) is 24.2. The molecule has 0 radical (unpaired) electrons.